The molecule has 0 radical (unpaired) electrons. The summed E-state index contributed by atoms with van der Waals surface area (Å²) in [7, 11) is 0. The van der Waals surface area contributed by atoms with Crippen molar-refractivity contribution in [2.45, 2.75) is 323 Å². The number of unbranched alkanes of at least 4 members (excludes halogenated alkanes) is 36. The fraction of sp³-hybridized carbons (Fsp3) is 0.947. The zero-order chi connectivity index (χ0) is 46.1. The van der Waals surface area contributed by atoms with E-state index in [4.69, 9.17) is 14.2 Å². The van der Waals surface area contributed by atoms with Gasteiger partial charge in [0.05, 0.1) is 0 Å². The van der Waals surface area contributed by atoms with Gasteiger partial charge in [0.1, 0.15) is 13.2 Å². The molecule has 0 saturated heterocycles. The lowest BCUT2D eigenvalue weighted by Crippen LogP contribution is -2.30. The highest BCUT2D eigenvalue weighted by molar-refractivity contribution is 5.71. The second-order valence-electron chi connectivity index (χ2n) is 20.5. The van der Waals surface area contributed by atoms with Gasteiger partial charge in [-0.3, -0.25) is 14.4 Å². The van der Waals surface area contributed by atoms with Crippen LogP contribution in [0.25, 0.3) is 0 Å². The molecule has 0 aliphatic heterocycles. The highest BCUT2D eigenvalue weighted by Gasteiger charge is 2.19. The molecule has 374 valence electrons. The first-order valence-electron chi connectivity index (χ1n) is 28.2. The Balaban J connectivity index is 4.25. The number of rotatable bonds is 51. The Morgan fingerprint density at radius 3 is 0.778 bits per heavy atom. The van der Waals surface area contributed by atoms with E-state index in [1.807, 2.05) is 0 Å². The molecule has 0 heterocycles. The molecule has 0 bridgehead atoms. The van der Waals surface area contributed by atoms with Gasteiger partial charge in [-0.05, 0) is 31.1 Å². The lowest BCUT2D eigenvalue weighted by Gasteiger charge is -2.18. The average molecular weight is 892 g/mol. The van der Waals surface area contributed by atoms with Gasteiger partial charge in [0, 0.05) is 19.3 Å². The number of hydrogen-bond acceptors (Lipinski definition) is 6. The van der Waals surface area contributed by atoms with Crippen LogP contribution in [0, 0.1) is 11.8 Å². The third kappa shape index (κ3) is 51.3. The van der Waals surface area contributed by atoms with Gasteiger partial charge in [0.25, 0.3) is 0 Å². The third-order valence-electron chi connectivity index (χ3n) is 13.0. The molecule has 63 heavy (non-hydrogen) atoms. The van der Waals surface area contributed by atoms with Gasteiger partial charge in [0.15, 0.2) is 6.10 Å². The van der Waals surface area contributed by atoms with Crippen LogP contribution >= 0.6 is 0 Å². The van der Waals surface area contributed by atoms with Crippen molar-refractivity contribution < 1.29 is 28.6 Å². The Morgan fingerprint density at radius 2 is 0.524 bits per heavy atom. The Hall–Kier alpha value is -1.59. The van der Waals surface area contributed by atoms with E-state index in [1.54, 1.807) is 0 Å². The van der Waals surface area contributed by atoms with Crippen LogP contribution < -0.4 is 0 Å². The summed E-state index contributed by atoms with van der Waals surface area (Å²) >= 11 is 0. The number of hydrogen-bond donors (Lipinski definition) is 0. The molecule has 0 rings (SSSR count). The van der Waals surface area contributed by atoms with Crippen molar-refractivity contribution in [1.29, 1.82) is 0 Å². The largest absolute Gasteiger partial charge is 0.462 e. The SMILES string of the molecule is CCCCCCCCCCCCCCCCCCCCCC(=O)OC[C@H](COC(=O)CCCCCCCCCCC(C)C)OC(=O)CCCCCCCCCCCCCCC(C)C. The van der Waals surface area contributed by atoms with Crippen LogP contribution in [-0.2, 0) is 28.6 Å². The molecule has 0 aliphatic carbocycles. The summed E-state index contributed by atoms with van der Waals surface area (Å²) in [5.41, 5.74) is 0. The van der Waals surface area contributed by atoms with Gasteiger partial charge in [-0.15, -0.1) is 0 Å². The van der Waals surface area contributed by atoms with Crippen molar-refractivity contribution in [2.24, 2.45) is 11.8 Å². The highest BCUT2D eigenvalue weighted by Crippen LogP contribution is 2.18. The quantitative estimate of drug-likeness (QED) is 0.0344. The van der Waals surface area contributed by atoms with E-state index in [1.165, 1.54) is 205 Å². The van der Waals surface area contributed by atoms with Crippen LogP contribution in [0.5, 0.6) is 0 Å². The lowest BCUT2D eigenvalue weighted by atomic mass is 10.0. The van der Waals surface area contributed by atoms with Crippen molar-refractivity contribution in [1.82, 2.24) is 0 Å². The van der Waals surface area contributed by atoms with Crippen LogP contribution in [0.3, 0.4) is 0 Å². The number of carbonyl (C=O) groups is 3. The Labute approximate surface area is 393 Å². The molecular formula is C57H110O6. The van der Waals surface area contributed by atoms with Crippen molar-refractivity contribution in [3.05, 3.63) is 0 Å². The second-order valence-corrected chi connectivity index (χ2v) is 20.5. The van der Waals surface area contributed by atoms with Gasteiger partial charge in [-0.1, -0.05) is 279 Å². The van der Waals surface area contributed by atoms with Crippen LogP contribution in [0.4, 0.5) is 0 Å². The van der Waals surface area contributed by atoms with Crippen molar-refractivity contribution in [3.8, 4) is 0 Å². The monoisotopic (exact) mass is 891 g/mol. The molecule has 6 nitrogen and oxygen atoms in total. The van der Waals surface area contributed by atoms with E-state index in [0.29, 0.717) is 19.3 Å². The normalized spacial score (nSPS) is 12.0. The van der Waals surface area contributed by atoms with Gasteiger partial charge in [0.2, 0.25) is 0 Å². The predicted octanol–water partition coefficient (Wildman–Crippen LogP) is 18.5. The molecule has 0 aromatic carbocycles. The Kier molecular flexibility index (Phi) is 48.6. The first kappa shape index (κ1) is 61.4. The summed E-state index contributed by atoms with van der Waals surface area (Å²) in [4.78, 5) is 38.0. The predicted molar refractivity (Wildman–Crippen MR) is 270 cm³/mol. The molecule has 0 aromatic heterocycles. The molecule has 6 heteroatoms. The summed E-state index contributed by atoms with van der Waals surface area (Å²) in [6.45, 7) is 11.4. The molecule has 0 aliphatic rings. The van der Waals surface area contributed by atoms with Gasteiger partial charge in [-0.25, -0.2) is 0 Å². The van der Waals surface area contributed by atoms with E-state index in [-0.39, 0.29) is 31.1 Å². The number of esters is 3. The third-order valence-corrected chi connectivity index (χ3v) is 13.0. The molecule has 0 N–H and O–H groups in total. The molecule has 0 aromatic rings. The first-order valence-corrected chi connectivity index (χ1v) is 28.2. The minimum absolute atomic E-state index is 0.0634. The summed E-state index contributed by atoms with van der Waals surface area (Å²) in [5.74, 6) is 0.784. The van der Waals surface area contributed by atoms with E-state index in [0.717, 1.165) is 69.6 Å². The number of carbonyl (C=O) groups excluding carboxylic acids is 3. The molecule has 0 spiro atoms. The van der Waals surface area contributed by atoms with E-state index >= 15 is 0 Å². The van der Waals surface area contributed by atoms with Crippen molar-refractivity contribution in [3.63, 3.8) is 0 Å². The topological polar surface area (TPSA) is 78.9 Å². The highest BCUT2D eigenvalue weighted by atomic mass is 16.6. The molecule has 0 amide bonds. The number of ether oxygens (including phenoxy) is 3. The summed E-state index contributed by atoms with van der Waals surface area (Å²) in [6.07, 6.45) is 52.4. The molecular weight excluding hydrogens is 781 g/mol. The van der Waals surface area contributed by atoms with E-state index in [9.17, 15) is 14.4 Å². The lowest BCUT2D eigenvalue weighted by molar-refractivity contribution is -0.167. The van der Waals surface area contributed by atoms with Crippen LogP contribution in [-0.4, -0.2) is 37.2 Å². The molecule has 1 atom stereocenters. The zero-order valence-electron chi connectivity index (χ0n) is 43.2. The van der Waals surface area contributed by atoms with Gasteiger partial charge in [-0.2, -0.15) is 0 Å². The summed E-state index contributed by atoms with van der Waals surface area (Å²) in [5, 5.41) is 0. The second kappa shape index (κ2) is 49.8. The van der Waals surface area contributed by atoms with Gasteiger partial charge < -0.3 is 14.2 Å². The smallest absolute Gasteiger partial charge is 0.306 e. The summed E-state index contributed by atoms with van der Waals surface area (Å²) in [6, 6.07) is 0. The van der Waals surface area contributed by atoms with E-state index < -0.39 is 6.10 Å². The first-order chi connectivity index (χ1) is 30.7. The van der Waals surface area contributed by atoms with Crippen LogP contribution in [0.15, 0.2) is 0 Å². The maximum absolute atomic E-state index is 12.8. The summed E-state index contributed by atoms with van der Waals surface area (Å²) < 4.78 is 16.9. The standard InChI is InChI=1S/C57H110O6/c1-6-7-8-9-10-11-12-13-14-15-16-17-18-19-23-26-32-37-42-47-55(58)61-50-54(51-62-56(59)48-43-38-33-29-28-31-36-41-46-53(4)5)63-57(60)49-44-39-34-27-24-21-20-22-25-30-35-40-45-52(2)3/h52-54H,6-51H2,1-5H3/t54-/m1/s1. The van der Waals surface area contributed by atoms with Gasteiger partial charge >= 0.3 is 17.9 Å². The zero-order valence-corrected chi connectivity index (χ0v) is 43.2. The maximum atomic E-state index is 12.8. The Bertz CT molecular complexity index is 962. The van der Waals surface area contributed by atoms with Crippen LogP contribution in [0.2, 0.25) is 0 Å². The minimum atomic E-state index is -0.763. The van der Waals surface area contributed by atoms with E-state index in [2.05, 4.69) is 34.6 Å². The fourth-order valence-electron chi connectivity index (χ4n) is 8.70. The molecule has 0 saturated carbocycles. The Morgan fingerprint density at radius 1 is 0.302 bits per heavy atom. The van der Waals surface area contributed by atoms with Crippen molar-refractivity contribution in [2.75, 3.05) is 13.2 Å². The average Bonchev–Trinajstić information content (AvgIpc) is 3.25. The maximum Gasteiger partial charge on any atom is 0.306 e. The van der Waals surface area contributed by atoms with Crippen molar-refractivity contribution >= 4 is 17.9 Å². The fourth-order valence-corrected chi connectivity index (χ4v) is 8.70. The molecule has 0 unspecified atom stereocenters. The molecule has 0 fully saturated rings. The van der Waals surface area contributed by atoms with Crippen LogP contribution in [0.1, 0.15) is 317 Å². The minimum Gasteiger partial charge on any atom is -0.462 e.